The van der Waals surface area contributed by atoms with Crippen LogP contribution in [-0.4, -0.2) is 70.7 Å². The SMILES string of the molecule is CC(=O)CCCC(=O)N(CC1CC1)[C@@H]1C=C(C(=O)NCCO)[C@@H]2c3ccccc3O[C@@H]2[C@H]1O. The molecule has 0 spiro atoms. The van der Waals surface area contributed by atoms with Crippen LogP contribution < -0.4 is 10.1 Å². The van der Waals surface area contributed by atoms with Gasteiger partial charge in [0.1, 0.15) is 23.7 Å². The number of amides is 2. The van der Waals surface area contributed by atoms with Crippen molar-refractivity contribution in [3.05, 3.63) is 41.5 Å². The van der Waals surface area contributed by atoms with Gasteiger partial charge in [-0.05, 0) is 44.2 Å². The van der Waals surface area contributed by atoms with Gasteiger partial charge in [0.05, 0.1) is 18.6 Å². The summed E-state index contributed by atoms with van der Waals surface area (Å²) in [6, 6.07) is 6.70. The zero-order valence-electron chi connectivity index (χ0n) is 18.9. The van der Waals surface area contributed by atoms with Crippen molar-refractivity contribution >= 4 is 17.6 Å². The van der Waals surface area contributed by atoms with Crippen molar-refractivity contribution in [2.45, 2.75) is 63.2 Å². The molecular weight excluding hydrogens is 424 g/mol. The van der Waals surface area contributed by atoms with Crippen LogP contribution in [0.25, 0.3) is 0 Å². The number of nitrogens with one attached hydrogen (secondary N) is 1. The molecule has 1 aliphatic heterocycles. The Kier molecular flexibility index (Phi) is 7.14. The number of hydrogen-bond donors (Lipinski definition) is 3. The first-order chi connectivity index (χ1) is 15.9. The second-order valence-corrected chi connectivity index (χ2v) is 9.23. The van der Waals surface area contributed by atoms with Gasteiger partial charge in [0.25, 0.3) is 0 Å². The molecule has 1 fully saturated rings. The number of fused-ring (bicyclic) bond motifs is 3. The van der Waals surface area contributed by atoms with Crippen molar-refractivity contribution in [1.82, 2.24) is 10.2 Å². The largest absolute Gasteiger partial charge is 0.486 e. The summed E-state index contributed by atoms with van der Waals surface area (Å²) in [6.07, 6.45) is 3.07. The van der Waals surface area contributed by atoms with Gasteiger partial charge in [0, 0.05) is 37.1 Å². The molecule has 3 N–H and O–H groups in total. The maximum Gasteiger partial charge on any atom is 0.247 e. The lowest BCUT2D eigenvalue weighted by atomic mass is 9.77. The highest BCUT2D eigenvalue weighted by molar-refractivity contribution is 5.96. The van der Waals surface area contributed by atoms with E-state index in [1.54, 1.807) is 11.0 Å². The number of rotatable bonds is 10. The summed E-state index contributed by atoms with van der Waals surface area (Å²) in [5.41, 5.74) is 1.26. The van der Waals surface area contributed by atoms with Gasteiger partial charge in [-0.1, -0.05) is 18.2 Å². The predicted molar refractivity (Wildman–Crippen MR) is 121 cm³/mol. The molecule has 1 aromatic carbocycles. The molecule has 8 nitrogen and oxygen atoms in total. The van der Waals surface area contributed by atoms with Crippen LogP contribution in [0.15, 0.2) is 35.9 Å². The molecule has 2 amide bonds. The predicted octanol–water partition coefficient (Wildman–Crippen LogP) is 1.31. The van der Waals surface area contributed by atoms with E-state index in [9.17, 15) is 19.5 Å². The lowest BCUT2D eigenvalue weighted by Gasteiger charge is -2.41. The molecule has 0 bridgehead atoms. The number of para-hydroxylation sites is 1. The van der Waals surface area contributed by atoms with Crippen molar-refractivity contribution in [2.75, 3.05) is 19.7 Å². The summed E-state index contributed by atoms with van der Waals surface area (Å²) >= 11 is 0. The number of nitrogens with zero attached hydrogens (tertiary/aromatic N) is 1. The minimum Gasteiger partial charge on any atom is -0.486 e. The van der Waals surface area contributed by atoms with E-state index in [2.05, 4.69) is 5.32 Å². The van der Waals surface area contributed by atoms with Crippen LogP contribution in [-0.2, 0) is 14.4 Å². The van der Waals surface area contributed by atoms with Crippen molar-refractivity contribution in [2.24, 2.45) is 5.92 Å². The van der Waals surface area contributed by atoms with E-state index in [0.29, 0.717) is 36.6 Å². The van der Waals surface area contributed by atoms with Crippen LogP contribution in [0.5, 0.6) is 5.75 Å². The van der Waals surface area contributed by atoms with Crippen molar-refractivity contribution in [3.63, 3.8) is 0 Å². The lowest BCUT2D eigenvalue weighted by Crippen LogP contribution is -2.56. The van der Waals surface area contributed by atoms with Gasteiger partial charge in [-0.2, -0.15) is 0 Å². The van der Waals surface area contributed by atoms with E-state index in [0.717, 1.165) is 18.4 Å². The molecule has 4 rings (SSSR count). The Labute approximate surface area is 193 Å². The number of benzene rings is 1. The van der Waals surface area contributed by atoms with Crippen LogP contribution in [0.2, 0.25) is 0 Å². The third-order valence-electron chi connectivity index (χ3n) is 6.63. The fourth-order valence-corrected chi connectivity index (χ4v) is 4.79. The van der Waals surface area contributed by atoms with E-state index in [-0.39, 0.29) is 37.2 Å². The highest BCUT2D eigenvalue weighted by Crippen LogP contribution is 2.47. The Morgan fingerprint density at radius 1 is 1.18 bits per heavy atom. The Morgan fingerprint density at radius 3 is 2.64 bits per heavy atom. The minimum absolute atomic E-state index is 0.0388. The first kappa shape index (κ1) is 23.4. The van der Waals surface area contributed by atoms with Crippen molar-refractivity contribution in [3.8, 4) is 5.75 Å². The summed E-state index contributed by atoms with van der Waals surface area (Å²) < 4.78 is 6.10. The second-order valence-electron chi connectivity index (χ2n) is 9.23. The molecule has 1 heterocycles. The molecular formula is C25H32N2O6. The van der Waals surface area contributed by atoms with Gasteiger partial charge in [-0.15, -0.1) is 0 Å². The van der Waals surface area contributed by atoms with Gasteiger partial charge in [-0.25, -0.2) is 0 Å². The number of carbonyl (C=O) groups excluding carboxylic acids is 3. The third kappa shape index (κ3) is 5.12. The molecule has 0 unspecified atom stereocenters. The fourth-order valence-electron chi connectivity index (χ4n) is 4.79. The first-order valence-corrected chi connectivity index (χ1v) is 11.7. The van der Waals surface area contributed by atoms with E-state index in [1.807, 2.05) is 24.3 Å². The van der Waals surface area contributed by atoms with Gasteiger partial charge in [0.2, 0.25) is 11.8 Å². The summed E-state index contributed by atoms with van der Waals surface area (Å²) in [7, 11) is 0. The van der Waals surface area contributed by atoms with Gasteiger partial charge in [0.15, 0.2) is 0 Å². The monoisotopic (exact) mass is 456 g/mol. The third-order valence-corrected chi connectivity index (χ3v) is 6.63. The number of hydrogen-bond acceptors (Lipinski definition) is 6. The Hall–Kier alpha value is -2.71. The molecule has 1 saturated carbocycles. The first-order valence-electron chi connectivity index (χ1n) is 11.7. The van der Waals surface area contributed by atoms with Crippen LogP contribution in [0.1, 0.15) is 50.5 Å². The topological polar surface area (TPSA) is 116 Å². The highest BCUT2D eigenvalue weighted by atomic mass is 16.5. The molecule has 2 aliphatic carbocycles. The van der Waals surface area contributed by atoms with Gasteiger partial charge < -0.3 is 30.0 Å². The molecule has 33 heavy (non-hydrogen) atoms. The van der Waals surface area contributed by atoms with Gasteiger partial charge in [-0.3, -0.25) is 9.59 Å². The van der Waals surface area contributed by atoms with Crippen LogP contribution in [0.4, 0.5) is 0 Å². The molecule has 4 atom stereocenters. The van der Waals surface area contributed by atoms with Crippen LogP contribution in [0.3, 0.4) is 0 Å². The Morgan fingerprint density at radius 2 is 1.94 bits per heavy atom. The summed E-state index contributed by atoms with van der Waals surface area (Å²) in [4.78, 5) is 39.3. The fraction of sp³-hybridized carbons (Fsp3) is 0.560. The maximum atomic E-state index is 13.2. The summed E-state index contributed by atoms with van der Waals surface area (Å²) in [6.45, 7) is 1.94. The number of ketones is 1. The highest BCUT2D eigenvalue weighted by Gasteiger charge is 2.50. The summed E-state index contributed by atoms with van der Waals surface area (Å²) in [5.74, 6) is 0.112. The lowest BCUT2D eigenvalue weighted by molar-refractivity contribution is -0.137. The van der Waals surface area contributed by atoms with E-state index in [4.69, 9.17) is 9.84 Å². The van der Waals surface area contributed by atoms with E-state index >= 15 is 0 Å². The molecule has 1 aromatic rings. The molecule has 0 saturated heterocycles. The van der Waals surface area contributed by atoms with Crippen LogP contribution >= 0.6 is 0 Å². The Bertz CT molecular complexity index is 941. The molecule has 178 valence electrons. The standard InChI is InChI=1S/C25H32N2O6/c1-15(29)5-4-8-21(30)27(14-16-9-10-16)19-13-18(25(32)26-11-12-28)22-17-6-2-3-7-20(17)33-24(22)23(19)31/h2-3,6-7,13,16,19,22-24,28,31H,4-5,8-12,14H2,1H3,(H,26,32)/t19-,22+,23+,24+/m1/s1. The zero-order valence-corrected chi connectivity index (χ0v) is 18.9. The van der Waals surface area contributed by atoms with Crippen molar-refractivity contribution < 1.29 is 29.3 Å². The molecule has 3 aliphatic rings. The molecule has 8 heteroatoms. The Balaban J connectivity index is 1.65. The number of carbonyl (C=O) groups is 3. The number of aliphatic hydroxyl groups excluding tert-OH is 2. The normalized spacial score (nSPS) is 25.4. The average Bonchev–Trinajstić information content (AvgIpc) is 3.53. The summed E-state index contributed by atoms with van der Waals surface area (Å²) in [5, 5.41) is 23.2. The molecule has 0 aromatic heterocycles. The van der Waals surface area contributed by atoms with Gasteiger partial charge >= 0.3 is 0 Å². The number of aliphatic hydroxyl groups is 2. The quantitative estimate of drug-likeness (QED) is 0.489. The van der Waals surface area contributed by atoms with E-state index in [1.165, 1.54) is 6.92 Å². The maximum absolute atomic E-state index is 13.2. The van der Waals surface area contributed by atoms with E-state index < -0.39 is 24.2 Å². The minimum atomic E-state index is -1.01. The smallest absolute Gasteiger partial charge is 0.247 e. The number of ether oxygens (including phenoxy) is 1. The zero-order chi connectivity index (χ0) is 23.5. The van der Waals surface area contributed by atoms with Crippen LogP contribution in [0, 0.1) is 5.92 Å². The number of Topliss-reactive ketones (excluding diaryl/α,β-unsaturated/α-hetero) is 1. The second kappa shape index (κ2) is 10.1. The average molecular weight is 457 g/mol. The molecule has 0 radical (unpaired) electrons. The van der Waals surface area contributed by atoms with Crippen molar-refractivity contribution in [1.29, 1.82) is 0 Å².